The number of nitrogens with one attached hydrogen (secondary N) is 1. The molecule has 0 spiro atoms. The first-order valence-electron chi connectivity index (χ1n) is 7.01. The molecule has 0 heterocycles. The maximum atomic E-state index is 5.79. The lowest BCUT2D eigenvalue weighted by atomic mass is 10.2. The van der Waals surface area contributed by atoms with Crippen LogP contribution >= 0.6 is 15.9 Å². The average molecular weight is 330 g/mol. The van der Waals surface area contributed by atoms with Crippen molar-refractivity contribution in [2.24, 2.45) is 0 Å². The summed E-state index contributed by atoms with van der Waals surface area (Å²) in [4.78, 5) is 0. The van der Waals surface area contributed by atoms with E-state index in [1.807, 2.05) is 6.07 Å². The molecule has 1 aromatic rings. The Bertz CT molecular complexity index is 383. The van der Waals surface area contributed by atoms with Crippen LogP contribution in [-0.2, 0) is 6.54 Å². The average Bonchev–Trinajstić information content (AvgIpc) is 2.42. The Morgan fingerprint density at radius 3 is 2.11 bits per heavy atom. The molecular formula is C15H24BrNO2. The Labute approximate surface area is 124 Å². The first kappa shape index (κ1) is 16.3. The zero-order valence-corrected chi connectivity index (χ0v) is 13.7. The van der Waals surface area contributed by atoms with Crippen molar-refractivity contribution in [3.05, 3.63) is 22.2 Å². The van der Waals surface area contributed by atoms with Gasteiger partial charge < -0.3 is 14.8 Å². The van der Waals surface area contributed by atoms with Crippen LogP contribution in [0.1, 0.15) is 39.2 Å². The van der Waals surface area contributed by atoms with E-state index >= 15 is 0 Å². The number of ether oxygens (including phenoxy) is 2. The van der Waals surface area contributed by atoms with Gasteiger partial charge in [-0.1, -0.05) is 36.7 Å². The maximum absolute atomic E-state index is 5.79. The number of halogens is 1. The molecule has 0 aliphatic carbocycles. The van der Waals surface area contributed by atoms with Crippen LogP contribution in [0.3, 0.4) is 0 Å². The van der Waals surface area contributed by atoms with Gasteiger partial charge >= 0.3 is 0 Å². The summed E-state index contributed by atoms with van der Waals surface area (Å²) in [5.41, 5.74) is 1.19. The molecule has 3 nitrogen and oxygen atoms in total. The van der Waals surface area contributed by atoms with Crippen molar-refractivity contribution in [1.29, 1.82) is 0 Å². The lowest BCUT2D eigenvalue weighted by molar-refractivity contribution is 0.268. The van der Waals surface area contributed by atoms with E-state index in [-0.39, 0.29) is 0 Å². The second-order valence-corrected chi connectivity index (χ2v) is 5.22. The fraction of sp³-hybridized carbons (Fsp3) is 0.600. The van der Waals surface area contributed by atoms with Gasteiger partial charge in [-0.15, -0.1) is 0 Å². The van der Waals surface area contributed by atoms with Crippen LogP contribution in [0.4, 0.5) is 0 Å². The van der Waals surface area contributed by atoms with Gasteiger partial charge in [-0.2, -0.15) is 0 Å². The monoisotopic (exact) mass is 329 g/mol. The summed E-state index contributed by atoms with van der Waals surface area (Å²) in [6, 6.07) is 4.07. The molecule has 0 fully saturated rings. The summed E-state index contributed by atoms with van der Waals surface area (Å²) in [6.45, 7) is 9.50. The van der Waals surface area contributed by atoms with Gasteiger partial charge in [0.2, 0.25) is 0 Å². The van der Waals surface area contributed by atoms with E-state index in [9.17, 15) is 0 Å². The minimum absolute atomic E-state index is 0.710. The Balaban J connectivity index is 2.91. The largest absolute Gasteiger partial charge is 0.490 e. The van der Waals surface area contributed by atoms with Crippen molar-refractivity contribution in [2.45, 2.75) is 40.2 Å². The third-order valence-electron chi connectivity index (χ3n) is 2.60. The van der Waals surface area contributed by atoms with E-state index in [2.05, 4.69) is 48.1 Å². The Morgan fingerprint density at radius 1 is 1.00 bits per heavy atom. The van der Waals surface area contributed by atoms with Crippen molar-refractivity contribution in [2.75, 3.05) is 19.8 Å². The van der Waals surface area contributed by atoms with Gasteiger partial charge in [-0.25, -0.2) is 0 Å². The summed E-state index contributed by atoms with van der Waals surface area (Å²) >= 11 is 3.60. The van der Waals surface area contributed by atoms with Crippen molar-refractivity contribution in [3.8, 4) is 11.5 Å². The van der Waals surface area contributed by atoms with Crippen LogP contribution in [0.15, 0.2) is 16.6 Å². The molecule has 0 aromatic heterocycles. The van der Waals surface area contributed by atoms with E-state index in [1.54, 1.807) is 0 Å². The summed E-state index contributed by atoms with van der Waals surface area (Å²) < 4.78 is 12.6. The predicted octanol–water partition coefficient (Wildman–Crippen LogP) is 4.14. The number of benzene rings is 1. The SMILES string of the molecule is CCCOc1cc(Br)c(CNCC)cc1OCCC. The molecule has 19 heavy (non-hydrogen) atoms. The van der Waals surface area contributed by atoms with Crippen molar-refractivity contribution < 1.29 is 9.47 Å². The van der Waals surface area contributed by atoms with Gasteiger partial charge in [0.1, 0.15) is 0 Å². The van der Waals surface area contributed by atoms with Gasteiger partial charge in [0.25, 0.3) is 0 Å². The molecule has 0 unspecified atom stereocenters. The van der Waals surface area contributed by atoms with E-state index in [0.717, 1.165) is 41.9 Å². The predicted molar refractivity (Wildman–Crippen MR) is 83.1 cm³/mol. The molecule has 0 saturated carbocycles. The molecule has 1 rings (SSSR count). The zero-order chi connectivity index (χ0) is 14.1. The minimum atomic E-state index is 0.710. The van der Waals surface area contributed by atoms with Crippen molar-refractivity contribution >= 4 is 15.9 Å². The summed E-state index contributed by atoms with van der Waals surface area (Å²) in [7, 11) is 0. The molecule has 4 heteroatoms. The van der Waals surface area contributed by atoms with Crippen LogP contribution in [0.2, 0.25) is 0 Å². The van der Waals surface area contributed by atoms with Crippen LogP contribution in [-0.4, -0.2) is 19.8 Å². The number of hydrogen-bond acceptors (Lipinski definition) is 3. The summed E-state index contributed by atoms with van der Waals surface area (Å²) in [6.07, 6.45) is 1.98. The summed E-state index contributed by atoms with van der Waals surface area (Å²) in [5, 5.41) is 3.32. The Kier molecular flexibility index (Phi) is 7.91. The zero-order valence-electron chi connectivity index (χ0n) is 12.1. The summed E-state index contributed by atoms with van der Waals surface area (Å²) in [5.74, 6) is 1.66. The van der Waals surface area contributed by atoms with Crippen LogP contribution in [0.5, 0.6) is 11.5 Å². The normalized spacial score (nSPS) is 10.5. The first-order valence-corrected chi connectivity index (χ1v) is 7.80. The van der Waals surface area contributed by atoms with Crippen LogP contribution in [0, 0.1) is 0 Å². The highest BCUT2D eigenvalue weighted by molar-refractivity contribution is 9.10. The fourth-order valence-corrected chi connectivity index (χ4v) is 2.08. The molecule has 0 aliphatic rings. The topological polar surface area (TPSA) is 30.5 Å². The molecule has 0 saturated heterocycles. The quantitative estimate of drug-likeness (QED) is 0.738. The fourth-order valence-electron chi connectivity index (χ4n) is 1.62. The third kappa shape index (κ3) is 5.41. The van der Waals surface area contributed by atoms with Gasteiger partial charge in [0.15, 0.2) is 11.5 Å². The van der Waals surface area contributed by atoms with E-state index in [1.165, 1.54) is 5.56 Å². The highest BCUT2D eigenvalue weighted by Gasteiger charge is 2.10. The minimum Gasteiger partial charge on any atom is -0.490 e. The Morgan fingerprint density at radius 2 is 1.58 bits per heavy atom. The highest BCUT2D eigenvalue weighted by atomic mass is 79.9. The van der Waals surface area contributed by atoms with Crippen LogP contribution in [0.25, 0.3) is 0 Å². The van der Waals surface area contributed by atoms with Crippen molar-refractivity contribution in [3.63, 3.8) is 0 Å². The smallest absolute Gasteiger partial charge is 0.162 e. The van der Waals surface area contributed by atoms with E-state index < -0.39 is 0 Å². The lowest BCUT2D eigenvalue weighted by Crippen LogP contribution is -2.12. The maximum Gasteiger partial charge on any atom is 0.162 e. The molecule has 0 atom stereocenters. The standard InChI is InChI=1S/C15H24BrNO2/c1-4-7-18-14-9-12(11-17-6-3)13(16)10-15(14)19-8-5-2/h9-10,17H,4-8,11H2,1-3H3. The van der Waals surface area contributed by atoms with Gasteiger partial charge in [0, 0.05) is 11.0 Å². The molecule has 1 aromatic carbocycles. The van der Waals surface area contributed by atoms with Gasteiger partial charge in [-0.05, 0) is 37.1 Å². The van der Waals surface area contributed by atoms with E-state index in [4.69, 9.17) is 9.47 Å². The van der Waals surface area contributed by atoms with E-state index in [0.29, 0.717) is 13.2 Å². The molecule has 108 valence electrons. The highest BCUT2D eigenvalue weighted by Crippen LogP contribution is 2.34. The van der Waals surface area contributed by atoms with Crippen molar-refractivity contribution in [1.82, 2.24) is 5.32 Å². The first-order chi connectivity index (χ1) is 9.22. The molecule has 0 radical (unpaired) electrons. The molecule has 0 bridgehead atoms. The van der Waals surface area contributed by atoms with Gasteiger partial charge in [-0.3, -0.25) is 0 Å². The molecule has 1 N–H and O–H groups in total. The molecule has 0 aliphatic heterocycles. The third-order valence-corrected chi connectivity index (χ3v) is 3.34. The number of hydrogen-bond donors (Lipinski definition) is 1. The van der Waals surface area contributed by atoms with Gasteiger partial charge in [0.05, 0.1) is 13.2 Å². The molecule has 0 amide bonds. The lowest BCUT2D eigenvalue weighted by Gasteiger charge is -2.15. The number of rotatable bonds is 9. The Hall–Kier alpha value is -0.740. The molecular weight excluding hydrogens is 306 g/mol. The second kappa shape index (κ2) is 9.21. The second-order valence-electron chi connectivity index (χ2n) is 4.37. The van der Waals surface area contributed by atoms with Crippen LogP contribution < -0.4 is 14.8 Å².